The number of nitrogens with zero attached hydrogens (tertiary/aromatic N) is 2. The van der Waals surface area contributed by atoms with Gasteiger partial charge in [0.15, 0.2) is 11.6 Å². The van der Waals surface area contributed by atoms with Gasteiger partial charge in [-0.25, -0.2) is 9.07 Å². The first kappa shape index (κ1) is 10.9. The molecule has 0 bridgehead atoms. The molecule has 0 aliphatic heterocycles. The summed E-state index contributed by atoms with van der Waals surface area (Å²) in [4.78, 5) is 0. The van der Waals surface area contributed by atoms with Crippen molar-refractivity contribution in [3.05, 3.63) is 11.5 Å². The fourth-order valence-corrected chi connectivity index (χ4v) is 1.13. The minimum Gasteiger partial charge on any atom is -0.394 e. The third kappa shape index (κ3) is 2.21. The van der Waals surface area contributed by atoms with Gasteiger partial charge in [0.25, 0.3) is 0 Å². The van der Waals surface area contributed by atoms with Crippen LogP contribution in [-0.2, 0) is 17.7 Å². The van der Waals surface area contributed by atoms with Gasteiger partial charge in [0, 0.05) is 13.5 Å². The number of hydrogen-bond donors (Lipinski definition) is 2. The number of hydrogen-bond acceptors (Lipinski definition) is 4. The van der Waals surface area contributed by atoms with E-state index in [4.69, 9.17) is 15.6 Å². The second kappa shape index (κ2) is 4.92. The van der Waals surface area contributed by atoms with Crippen molar-refractivity contribution in [1.82, 2.24) is 9.78 Å². The van der Waals surface area contributed by atoms with Crippen molar-refractivity contribution in [1.29, 1.82) is 0 Å². The molecule has 14 heavy (non-hydrogen) atoms. The Balaban J connectivity index is 2.79. The Morgan fingerprint density at radius 3 is 2.93 bits per heavy atom. The number of anilines is 1. The maximum Gasteiger partial charge on any atom is 0.188 e. The summed E-state index contributed by atoms with van der Waals surface area (Å²) >= 11 is 0. The van der Waals surface area contributed by atoms with Gasteiger partial charge in [0.05, 0.1) is 19.8 Å². The van der Waals surface area contributed by atoms with Crippen LogP contribution in [0.25, 0.3) is 0 Å². The highest BCUT2D eigenvalue weighted by atomic mass is 19.1. The Labute approximate surface area is 81.3 Å². The van der Waals surface area contributed by atoms with Crippen LogP contribution in [0.5, 0.6) is 0 Å². The van der Waals surface area contributed by atoms with Gasteiger partial charge in [0.2, 0.25) is 0 Å². The van der Waals surface area contributed by atoms with E-state index < -0.39 is 5.82 Å². The van der Waals surface area contributed by atoms with Crippen molar-refractivity contribution in [3.63, 3.8) is 0 Å². The number of nitrogens with two attached hydrogens (primary N) is 1. The lowest BCUT2D eigenvalue weighted by Gasteiger charge is -1.98. The summed E-state index contributed by atoms with van der Waals surface area (Å²) in [6.07, 6.45) is 0.380. The van der Waals surface area contributed by atoms with Crippen LogP contribution < -0.4 is 5.73 Å². The molecule has 0 amide bonds. The normalized spacial score (nSPS) is 10.8. The minimum absolute atomic E-state index is 0.0369. The fraction of sp³-hybridized carbons (Fsp3) is 0.625. The van der Waals surface area contributed by atoms with Crippen LogP contribution in [0, 0.1) is 5.82 Å². The third-order valence-electron chi connectivity index (χ3n) is 1.85. The standard InChI is InChI=1S/C8H14FN3O2/c1-14-5-2-6-7(9)8(10)12(11-6)3-4-13/h13H,2-5,10H2,1H3. The van der Waals surface area contributed by atoms with Crippen LogP contribution in [0.15, 0.2) is 0 Å². The molecule has 0 atom stereocenters. The van der Waals surface area contributed by atoms with Crippen LogP contribution in [0.3, 0.4) is 0 Å². The zero-order valence-electron chi connectivity index (χ0n) is 8.03. The minimum atomic E-state index is -0.518. The summed E-state index contributed by atoms with van der Waals surface area (Å²) in [5, 5.41) is 12.6. The third-order valence-corrected chi connectivity index (χ3v) is 1.85. The lowest BCUT2D eigenvalue weighted by molar-refractivity contribution is 0.200. The van der Waals surface area contributed by atoms with E-state index in [0.29, 0.717) is 13.0 Å². The van der Waals surface area contributed by atoms with Gasteiger partial charge in [-0.2, -0.15) is 5.10 Å². The molecule has 0 fully saturated rings. The lowest BCUT2D eigenvalue weighted by Crippen LogP contribution is -2.08. The van der Waals surface area contributed by atoms with Gasteiger partial charge in [0.1, 0.15) is 5.69 Å². The number of methoxy groups -OCH3 is 1. The van der Waals surface area contributed by atoms with Crippen molar-refractivity contribution in [2.75, 3.05) is 26.1 Å². The maximum absolute atomic E-state index is 13.3. The van der Waals surface area contributed by atoms with E-state index in [9.17, 15) is 4.39 Å². The summed E-state index contributed by atoms with van der Waals surface area (Å²) in [5.41, 5.74) is 5.71. The summed E-state index contributed by atoms with van der Waals surface area (Å²) in [6, 6.07) is 0. The average molecular weight is 203 g/mol. The molecule has 5 nitrogen and oxygen atoms in total. The van der Waals surface area contributed by atoms with Crippen LogP contribution >= 0.6 is 0 Å². The molecule has 0 radical (unpaired) electrons. The number of aliphatic hydroxyl groups excluding tert-OH is 1. The van der Waals surface area contributed by atoms with Crippen molar-refractivity contribution < 1.29 is 14.2 Å². The van der Waals surface area contributed by atoms with Crippen LogP contribution in [0.2, 0.25) is 0 Å². The number of ether oxygens (including phenoxy) is 1. The molecule has 0 spiro atoms. The largest absolute Gasteiger partial charge is 0.394 e. The molecule has 1 heterocycles. The number of halogens is 1. The molecule has 0 aromatic carbocycles. The Hall–Kier alpha value is -1.14. The Bertz CT molecular complexity index is 301. The van der Waals surface area contributed by atoms with Gasteiger partial charge in [-0.1, -0.05) is 0 Å². The summed E-state index contributed by atoms with van der Waals surface area (Å²) in [5.74, 6) is -0.555. The lowest BCUT2D eigenvalue weighted by atomic mass is 10.3. The highest BCUT2D eigenvalue weighted by molar-refractivity contribution is 5.33. The quantitative estimate of drug-likeness (QED) is 0.694. The second-order valence-corrected chi connectivity index (χ2v) is 2.84. The van der Waals surface area contributed by atoms with E-state index >= 15 is 0 Å². The number of aromatic nitrogens is 2. The molecule has 1 aromatic rings. The zero-order chi connectivity index (χ0) is 10.6. The smallest absolute Gasteiger partial charge is 0.188 e. The topological polar surface area (TPSA) is 73.3 Å². The number of rotatable bonds is 5. The van der Waals surface area contributed by atoms with Crippen LogP contribution in [0.1, 0.15) is 5.69 Å². The van der Waals surface area contributed by atoms with Gasteiger partial charge in [-0.15, -0.1) is 0 Å². The Kier molecular flexibility index (Phi) is 3.84. The molecule has 6 heteroatoms. The van der Waals surface area contributed by atoms with E-state index in [1.807, 2.05) is 0 Å². The first-order chi connectivity index (χ1) is 6.70. The van der Waals surface area contributed by atoms with E-state index in [1.54, 1.807) is 0 Å². The van der Waals surface area contributed by atoms with Crippen molar-refractivity contribution in [2.24, 2.45) is 0 Å². The van der Waals surface area contributed by atoms with Gasteiger partial charge >= 0.3 is 0 Å². The molecule has 80 valence electrons. The van der Waals surface area contributed by atoms with Crippen LogP contribution in [0.4, 0.5) is 10.2 Å². The van der Waals surface area contributed by atoms with Gasteiger partial charge < -0.3 is 15.6 Å². The molecule has 0 unspecified atom stereocenters. The van der Waals surface area contributed by atoms with Crippen LogP contribution in [-0.4, -0.2) is 35.2 Å². The molecular weight excluding hydrogens is 189 g/mol. The predicted octanol–water partition coefficient (Wildman–Crippen LogP) is -0.214. The van der Waals surface area contributed by atoms with E-state index in [0.717, 1.165) is 0 Å². The van der Waals surface area contributed by atoms with E-state index in [-0.39, 0.29) is 24.7 Å². The van der Waals surface area contributed by atoms with Gasteiger partial charge in [-0.3, -0.25) is 0 Å². The first-order valence-corrected chi connectivity index (χ1v) is 4.31. The first-order valence-electron chi connectivity index (χ1n) is 4.31. The zero-order valence-corrected chi connectivity index (χ0v) is 8.03. The summed E-state index contributed by atoms with van der Waals surface area (Å²) in [6.45, 7) is 0.483. The summed E-state index contributed by atoms with van der Waals surface area (Å²) in [7, 11) is 1.53. The van der Waals surface area contributed by atoms with E-state index in [2.05, 4.69) is 5.10 Å². The van der Waals surface area contributed by atoms with Gasteiger partial charge in [-0.05, 0) is 0 Å². The highest BCUT2D eigenvalue weighted by Gasteiger charge is 2.14. The molecule has 3 N–H and O–H groups in total. The number of aliphatic hydroxyl groups is 1. The molecule has 1 rings (SSSR count). The van der Waals surface area contributed by atoms with Crippen molar-refractivity contribution >= 4 is 5.82 Å². The van der Waals surface area contributed by atoms with Crippen molar-refractivity contribution in [2.45, 2.75) is 13.0 Å². The summed E-state index contributed by atoms with van der Waals surface area (Å²) < 4.78 is 19.4. The monoisotopic (exact) mass is 203 g/mol. The Morgan fingerprint density at radius 1 is 1.64 bits per heavy atom. The maximum atomic E-state index is 13.3. The molecule has 0 saturated carbocycles. The fourth-order valence-electron chi connectivity index (χ4n) is 1.13. The highest BCUT2D eigenvalue weighted by Crippen LogP contribution is 2.14. The Morgan fingerprint density at radius 2 is 2.36 bits per heavy atom. The SMILES string of the molecule is COCCc1nn(CCO)c(N)c1F. The molecule has 0 saturated heterocycles. The average Bonchev–Trinajstić information content (AvgIpc) is 2.44. The number of nitrogen functional groups attached to an aromatic ring is 1. The predicted molar refractivity (Wildman–Crippen MR) is 49.3 cm³/mol. The molecular formula is C8H14FN3O2. The molecule has 0 aliphatic rings. The van der Waals surface area contributed by atoms with E-state index in [1.165, 1.54) is 11.8 Å². The van der Waals surface area contributed by atoms with Crippen molar-refractivity contribution in [3.8, 4) is 0 Å². The second-order valence-electron chi connectivity index (χ2n) is 2.84. The molecule has 0 aliphatic carbocycles. The molecule has 1 aromatic heterocycles.